The largest absolute Gasteiger partial charge is 0.478 e. The number of carbonyl (C=O) groups is 1. The average molecular weight is 245 g/mol. The highest BCUT2D eigenvalue weighted by atomic mass is 79.9. The van der Waals surface area contributed by atoms with Crippen LogP contribution in [0, 0.1) is 5.82 Å². The van der Waals surface area contributed by atoms with Crippen LogP contribution in [-0.4, -0.2) is 11.1 Å². The summed E-state index contributed by atoms with van der Waals surface area (Å²) in [6.07, 6.45) is 2.29. The fraction of sp³-hybridized carbons (Fsp3) is 0. The number of aliphatic carboxylic acids is 1. The van der Waals surface area contributed by atoms with Gasteiger partial charge in [0.05, 0.1) is 0 Å². The molecule has 0 spiro atoms. The summed E-state index contributed by atoms with van der Waals surface area (Å²) < 4.78 is 13.3. The molecule has 0 bridgehead atoms. The first kappa shape index (κ1) is 9.92. The molecule has 0 saturated carbocycles. The third-order valence-corrected chi connectivity index (χ3v) is 1.76. The highest BCUT2D eigenvalue weighted by molar-refractivity contribution is 9.10. The Balaban J connectivity index is 2.95. The van der Waals surface area contributed by atoms with Crippen LogP contribution in [0.4, 0.5) is 4.39 Å². The number of hydrogen-bond donors (Lipinski definition) is 1. The van der Waals surface area contributed by atoms with E-state index >= 15 is 0 Å². The predicted molar refractivity (Wildman–Crippen MR) is 50.8 cm³/mol. The van der Waals surface area contributed by atoms with Crippen LogP contribution in [0.2, 0.25) is 0 Å². The predicted octanol–water partition coefficient (Wildman–Crippen LogP) is 2.69. The van der Waals surface area contributed by atoms with E-state index < -0.39 is 11.8 Å². The van der Waals surface area contributed by atoms with Crippen molar-refractivity contribution in [2.45, 2.75) is 0 Å². The molecule has 13 heavy (non-hydrogen) atoms. The molecular formula is C9H6BrFO2. The van der Waals surface area contributed by atoms with E-state index in [1.807, 2.05) is 0 Å². The first-order valence-corrected chi connectivity index (χ1v) is 4.24. The van der Waals surface area contributed by atoms with Crippen molar-refractivity contribution in [1.82, 2.24) is 0 Å². The molecular weight excluding hydrogens is 239 g/mol. The molecule has 1 N–H and O–H groups in total. The van der Waals surface area contributed by atoms with Gasteiger partial charge in [-0.25, -0.2) is 9.18 Å². The maximum absolute atomic E-state index is 12.7. The summed E-state index contributed by atoms with van der Waals surface area (Å²) in [7, 11) is 0. The van der Waals surface area contributed by atoms with Gasteiger partial charge in [-0.1, -0.05) is 15.9 Å². The summed E-state index contributed by atoms with van der Waals surface area (Å²) >= 11 is 3.10. The Bertz CT molecular complexity index is 340. The summed E-state index contributed by atoms with van der Waals surface area (Å²) in [4.78, 5) is 10.2. The number of carboxylic acids is 1. The molecule has 0 saturated heterocycles. The van der Waals surface area contributed by atoms with Gasteiger partial charge in [0, 0.05) is 10.5 Å². The molecule has 0 atom stereocenters. The molecule has 0 aliphatic heterocycles. The Kier molecular flexibility index (Phi) is 3.19. The fourth-order valence-corrected chi connectivity index (χ4v) is 1.32. The van der Waals surface area contributed by atoms with Crippen molar-refractivity contribution in [3.05, 3.63) is 40.1 Å². The SMILES string of the molecule is O=C(O)/C=C\c1cc(F)cc(Br)c1. The minimum absolute atomic E-state index is 0.403. The number of halogens is 2. The summed E-state index contributed by atoms with van der Waals surface area (Å²) in [5.41, 5.74) is 0.509. The van der Waals surface area contributed by atoms with Crippen LogP contribution in [0.15, 0.2) is 28.7 Å². The van der Waals surface area contributed by atoms with E-state index in [9.17, 15) is 9.18 Å². The van der Waals surface area contributed by atoms with E-state index in [2.05, 4.69) is 15.9 Å². The first-order valence-electron chi connectivity index (χ1n) is 3.45. The monoisotopic (exact) mass is 244 g/mol. The van der Waals surface area contributed by atoms with Gasteiger partial charge in [-0.2, -0.15) is 0 Å². The molecule has 1 aromatic carbocycles. The molecule has 1 aromatic rings. The normalized spacial score (nSPS) is 10.6. The van der Waals surface area contributed by atoms with Gasteiger partial charge < -0.3 is 5.11 Å². The average Bonchev–Trinajstić information content (AvgIpc) is 1.99. The smallest absolute Gasteiger partial charge is 0.328 e. The van der Waals surface area contributed by atoms with Crippen LogP contribution < -0.4 is 0 Å². The molecule has 2 nitrogen and oxygen atoms in total. The number of carboxylic acid groups (broad SMARTS) is 1. The Morgan fingerprint density at radius 3 is 2.69 bits per heavy atom. The zero-order valence-corrected chi connectivity index (χ0v) is 8.08. The van der Waals surface area contributed by atoms with Crippen molar-refractivity contribution in [3.63, 3.8) is 0 Å². The van der Waals surface area contributed by atoms with Crippen molar-refractivity contribution < 1.29 is 14.3 Å². The van der Waals surface area contributed by atoms with Crippen LogP contribution in [0.5, 0.6) is 0 Å². The van der Waals surface area contributed by atoms with Crippen molar-refractivity contribution in [1.29, 1.82) is 0 Å². The Morgan fingerprint density at radius 1 is 1.46 bits per heavy atom. The summed E-state index contributed by atoms with van der Waals surface area (Å²) in [6.45, 7) is 0. The van der Waals surface area contributed by atoms with Gasteiger partial charge in [0.2, 0.25) is 0 Å². The summed E-state index contributed by atoms with van der Waals surface area (Å²) in [5, 5.41) is 8.32. The lowest BCUT2D eigenvalue weighted by Crippen LogP contribution is -1.86. The number of rotatable bonds is 2. The molecule has 4 heteroatoms. The van der Waals surface area contributed by atoms with Gasteiger partial charge in [0.1, 0.15) is 5.82 Å². The van der Waals surface area contributed by atoms with Crippen molar-refractivity contribution in [2.24, 2.45) is 0 Å². The zero-order valence-electron chi connectivity index (χ0n) is 6.50. The maximum atomic E-state index is 12.7. The Morgan fingerprint density at radius 2 is 2.15 bits per heavy atom. The molecule has 0 aliphatic carbocycles. The molecule has 0 unspecified atom stereocenters. The van der Waals surface area contributed by atoms with Gasteiger partial charge in [0.25, 0.3) is 0 Å². The maximum Gasteiger partial charge on any atom is 0.328 e. The van der Waals surface area contributed by atoms with E-state index in [4.69, 9.17) is 5.11 Å². The highest BCUT2D eigenvalue weighted by Crippen LogP contribution is 2.15. The van der Waals surface area contributed by atoms with Gasteiger partial charge in [-0.3, -0.25) is 0 Å². The third-order valence-electron chi connectivity index (χ3n) is 1.30. The second-order valence-corrected chi connectivity index (χ2v) is 3.29. The topological polar surface area (TPSA) is 37.3 Å². The Labute approximate surface area is 82.8 Å². The zero-order chi connectivity index (χ0) is 9.84. The molecule has 0 amide bonds. The van der Waals surface area contributed by atoms with E-state index in [0.717, 1.165) is 6.08 Å². The van der Waals surface area contributed by atoms with Crippen LogP contribution >= 0.6 is 15.9 Å². The Hall–Kier alpha value is -1.16. The number of benzene rings is 1. The van der Waals surface area contributed by atoms with Crippen LogP contribution in [0.25, 0.3) is 6.08 Å². The molecule has 0 fully saturated rings. The van der Waals surface area contributed by atoms with Gasteiger partial charge >= 0.3 is 5.97 Å². The van der Waals surface area contributed by atoms with Gasteiger partial charge in [-0.15, -0.1) is 0 Å². The standard InChI is InChI=1S/C9H6BrFO2/c10-7-3-6(1-2-9(12)13)4-8(11)5-7/h1-5H,(H,12,13)/b2-1-. The third kappa shape index (κ3) is 3.38. The van der Waals surface area contributed by atoms with Gasteiger partial charge in [0.15, 0.2) is 0 Å². The van der Waals surface area contributed by atoms with E-state index in [0.29, 0.717) is 10.0 Å². The van der Waals surface area contributed by atoms with Crippen LogP contribution in [0.3, 0.4) is 0 Å². The quantitative estimate of drug-likeness (QED) is 0.813. The highest BCUT2D eigenvalue weighted by Gasteiger charge is 1.96. The number of hydrogen-bond acceptors (Lipinski definition) is 1. The molecule has 0 aliphatic rings. The first-order chi connectivity index (χ1) is 6.08. The fourth-order valence-electron chi connectivity index (χ4n) is 0.839. The van der Waals surface area contributed by atoms with E-state index in [1.165, 1.54) is 18.2 Å². The van der Waals surface area contributed by atoms with Crippen molar-refractivity contribution >= 4 is 28.0 Å². The molecule has 1 rings (SSSR count). The minimum atomic E-state index is -1.06. The second kappa shape index (κ2) is 4.18. The molecule has 68 valence electrons. The lowest BCUT2D eigenvalue weighted by molar-refractivity contribution is -0.131. The summed E-state index contributed by atoms with van der Waals surface area (Å²) in [6, 6.07) is 4.19. The molecule has 0 heterocycles. The van der Waals surface area contributed by atoms with E-state index in [-0.39, 0.29) is 0 Å². The van der Waals surface area contributed by atoms with Crippen molar-refractivity contribution in [2.75, 3.05) is 0 Å². The van der Waals surface area contributed by atoms with Gasteiger partial charge in [-0.05, 0) is 29.8 Å². The lowest BCUT2D eigenvalue weighted by Gasteiger charge is -1.95. The minimum Gasteiger partial charge on any atom is -0.478 e. The van der Waals surface area contributed by atoms with E-state index in [1.54, 1.807) is 6.07 Å². The van der Waals surface area contributed by atoms with Crippen LogP contribution in [-0.2, 0) is 4.79 Å². The van der Waals surface area contributed by atoms with Crippen LogP contribution in [0.1, 0.15) is 5.56 Å². The molecule has 0 radical (unpaired) electrons. The second-order valence-electron chi connectivity index (χ2n) is 2.37. The lowest BCUT2D eigenvalue weighted by atomic mass is 10.2. The summed E-state index contributed by atoms with van der Waals surface area (Å²) in [5.74, 6) is -1.46. The van der Waals surface area contributed by atoms with Crippen molar-refractivity contribution in [3.8, 4) is 0 Å². The molecule has 0 aromatic heterocycles.